The van der Waals surface area contributed by atoms with Crippen LogP contribution in [0.3, 0.4) is 0 Å². The summed E-state index contributed by atoms with van der Waals surface area (Å²) in [6, 6.07) is 8.36. The van der Waals surface area contributed by atoms with Gasteiger partial charge in [-0.25, -0.2) is 4.98 Å². The molecular formula is C27H36N4O4. The Hall–Kier alpha value is -3.16. The first-order valence-corrected chi connectivity index (χ1v) is 12.8. The van der Waals surface area contributed by atoms with Crippen LogP contribution in [-0.2, 0) is 22.4 Å². The molecule has 2 amide bonds. The summed E-state index contributed by atoms with van der Waals surface area (Å²) in [7, 11) is 0. The van der Waals surface area contributed by atoms with Crippen molar-refractivity contribution in [2.75, 3.05) is 26.2 Å². The maximum atomic E-state index is 13.2. The maximum Gasteiger partial charge on any atom is 0.254 e. The van der Waals surface area contributed by atoms with Gasteiger partial charge in [-0.2, -0.15) is 0 Å². The molecule has 0 aliphatic carbocycles. The van der Waals surface area contributed by atoms with Gasteiger partial charge in [0.25, 0.3) is 5.56 Å². The van der Waals surface area contributed by atoms with Gasteiger partial charge < -0.3 is 19.5 Å². The monoisotopic (exact) mass is 480 g/mol. The van der Waals surface area contributed by atoms with Crippen molar-refractivity contribution in [2.24, 2.45) is 0 Å². The summed E-state index contributed by atoms with van der Waals surface area (Å²) in [6.07, 6.45) is 6.11. The fraction of sp³-hybridized carbons (Fsp3) is 0.556. The molecule has 1 saturated heterocycles. The van der Waals surface area contributed by atoms with E-state index in [1.165, 1.54) is 5.56 Å². The number of ether oxygens (including phenoxy) is 1. The van der Waals surface area contributed by atoms with Crippen molar-refractivity contribution < 1.29 is 14.3 Å². The second-order valence-corrected chi connectivity index (χ2v) is 9.65. The van der Waals surface area contributed by atoms with Crippen LogP contribution in [0.25, 0.3) is 0 Å². The lowest BCUT2D eigenvalue weighted by Gasteiger charge is -2.36. The molecule has 0 radical (unpaired) electrons. The Morgan fingerprint density at radius 1 is 1.09 bits per heavy atom. The summed E-state index contributed by atoms with van der Waals surface area (Å²) in [6.45, 7) is 5.47. The Kier molecular flexibility index (Phi) is 8.21. The largest absolute Gasteiger partial charge is 0.492 e. The quantitative estimate of drug-likeness (QED) is 0.713. The molecule has 1 N–H and O–H groups in total. The van der Waals surface area contributed by atoms with Crippen LogP contribution in [-0.4, -0.2) is 63.9 Å². The second-order valence-electron chi connectivity index (χ2n) is 9.65. The molecule has 35 heavy (non-hydrogen) atoms. The van der Waals surface area contributed by atoms with Gasteiger partial charge in [-0.3, -0.25) is 14.4 Å². The first-order valence-electron chi connectivity index (χ1n) is 12.8. The van der Waals surface area contributed by atoms with Crippen molar-refractivity contribution in [3.8, 4) is 5.75 Å². The highest BCUT2D eigenvalue weighted by molar-refractivity contribution is 5.79. The van der Waals surface area contributed by atoms with E-state index in [2.05, 4.69) is 27.0 Å². The second kappa shape index (κ2) is 11.5. The van der Waals surface area contributed by atoms with Crippen molar-refractivity contribution >= 4 is 11.8 Å². The standard InChI is InChI=1S/C27H36N4O4/c1-19-24(27(34)29-20(2)28-19)18-26(33)30-13-6-10-25(32)31-14-4-3-8-22(31)12-11-21-7-5-9-23(17-21)35-16-15-30/h5,7,9,17,22H,3-4,6,8,10-16,18H2,1-2H3,(H,28,29,34). The number of piperidine rings is 1. The van der Waals surface area contributed by atoms with E-state index < -0.39 is 0 Å². The number of nitrogens with one attached hydrogen (secondary N) is 1. The first kappa shape index (κ1) is 24.9. The Bertz CT molecular complexity index is 1110. The molecule has 0 spiro atoms. The predicted molar refractivity (Wildman–Crippen MR) is 133 cm³/mol. The number of hydrogen-bond donors (Lipinski definition) is 1. The molecule has 0 saturated carbocycles. The number of aromatic amines is 1. The molecule has 8 heteroatoms. The molecule has 1 aromatic heterocycles. The van der Waals surface area contributed by atoms with Crippen LogP contribution in [0.2, 0.25) is 0 Å². The highest BCUT2D eigenvalue weighted by atomic mass is 16.5. The maximum absolute atomic E-state index is 13.2. The highest BCUT2D eigenvalue weighted by Crippen LogP contribution is 2.24. The third-order valence-electron chi connectivity index (χ3n) is 7.08. The van der Waals surface area contributed by atoms with E-state index >= 15 is 0 Å². The van der Waals surface area contributed by atoms with Crippen molar-refractivity contribution in [1.29, 1.82) is 0 Å². The van der Waals surface area contributed by atoms with Gasteiger partial charge in [0.1, 0.15) is 18.2 Å². The molecule has 1 fully saturated rings. The summed E-state index contributed by atoms with van der Waals surface area (Å²) in [5.41, 5.74) is 1.88. The third-order valence-corrected chi connectivity index (χ3v) is 7.08. The number of amides is 2. The van der Waals surface area contributed by atoms with Crippen LogP contribution in [0.4, 0.5) is 0 Å². The van der Waals surface area contributed by atoms with Gasteiger partial charge in [0, 0.05) is 36.8 Å². The van der Waals surface area contributed by atoms with Crippen LogP contribution >= 0.6 is 0 Å². The Labute approximate surface area is 206 Å². The molecule has 1 atom stereocenters. The number of H-pyrrole nitrogens is 1. The fourth-order valence-electron chi connectivity index (χ4n) is 5.17. The number of benzene rings is 1. The van der Waals surface area contributed by atoms with Gasteiger partial charge in [0.15, 0.2) is 0 Å². The van der Waals surface area contributed by atoms with Crippen LogP contribution < -0.4 is 10.3 Å². The minimum absolute atomic E-state index is 0.0217. The number of nitrogens with zero attached hydrogens (tertiary/aromatic N) is 3. The van der Waals surface area contributed by atoms with Crippen molar-refractivity contribution in [3.05, 3.63) is 57.3 Å². The normalized spacial score (nSPS) is 19.8. The van der Waals surface area contributed by atoms with Crippen LogP contribution in [0.5, 0.6) is 5.75 Å². The SMILES string of the molecule is Cc1nc(C)c(CC(=O)N2CCCC(=O)N3CCCCC3CCc3cccc(c3)OCC2)c(=O)[nH]1. The minimum atomic E-state index is -0.277. The number of hydrogen-bond acceptors (Lipinski definition) is 5. The van der Waals surface area contributed by atoms with Crippen molar-refractivity contribution in [2.45, 2.75) is 71.3 Å². The van der Waals surface area contributed by atoms with Gasteiger partial charge >= 0.3 is 0 Å². The number of carbonyl (C=O) groups is 2. The number of rotatable bonds is 2. The van der Waals surface area contributed by atoms with E-state index in [0.29, 0.717) is 49.6 Å². The first-order chi connectivity index (χ1) is 16.9. The summed E-state index contributed by atoms with van der Waals surface area (Å²) < 4.78 is 5.99. The molecule has 2 bridgehead atoms. The van der Waals surface area contributed by atoms with Gasteiger partial charge in [0.2, 0.25) is 11.8 Å². The molecule has 2 aliphatic heterocycles. The van der Waals surface area contributed by atoms with E-state index in [1.54, 1.807) is 18.7 Å². The number of aryl methyl sites for hydroxylation is 3. The van der Waals surface area contributed by atoms with E-state index in [1.807, 2.05) is 12.1 Å². The molecule has 1 aromatic carbocycles. The Morgan fingerprint density at radius 2 is 1.94 bits per heavy atom. The molecule has 2 aliphatic rings. The summed E-state index contributed by atoms with van der Waals surface area (Å²) in [5.74, 6) is 1.34. The van der Waals surface area contributed by atoms with E-state index in [0.717, 1.165) is 44.4 Å². The lowest BCUT2D eigenvalue weighted by Crippen LogP contribution is -2.44. The number of aromatic nitrogens is 2. The average molecular weight is 481 g/mol. The lowest BCUT2D eigenvalue weighted by atomic mass is 9.95. The van der Waals surface area contributed by atoms with Crippen molar-refractivity contribution in [3.63, 3.8) is 0 Å². The topological polar surface area (TPSA) is 95.6 Å². The summed E-state index contributed by atoms with van der Waals surface area (Å²) >= 11 is 0. The number of fused-ring (bicyclic) bond motifs is 3. The average Bonchev–Trinajstić information content (AvgIpc) is 2.84. The van der Waals surface area contributed by atoms with Crippen LogP contribution in [0.15, 0.2) is 29.1 Å². The fourth-order valence-corrected chi connectivity index (χ4v) is 5.17. The van der Waals surface area contributed by atoms with Crippen molar-refractivity contribution in [1.82, 2.24) is 19.8 Å². The van der Waals surface area contributed by atoms with E-state index in [9.17, 15) is 14.4 Å². The molecule has 3 heterocycles. The van der Waals surface area contributed by atoms with Crippen LogP contribution in [0.1, 0.15) is 61.2 Å². The van der Waals surface area contributed by atoms with E-state index in [4.69, 9.17) is 4.74 Å². The molecule has 4 rings (SSSR count). The molecular weight excluding hydrogens is 444 g/mol. The summed E-state index contributed by atoms with van der Waals surface area (Å²) in [5, 5.41) is 0. The molecule has 1 unspecified atom stereocenters. The minimum Gasteiger partial charge on any atom is -0.492 e. The number of carbonyl (C=O) groups excluding carboxylic acids is 2. The predicted octanol–water partition coefficient (Wildman–Crippen LogP) is 2.94. The van der Waals surface area contributed by atoms with Gasteiger partial charge in [-0.1, -0.05) is 12.1 Å². The zero-order valence-corrected chi connectivity index (χ0v) is 20.8. The molecule has 8 nitrogen and oxygen atoms in total. The Balaban J connectivity index is 1.51. The van der Waals surface area contributed by atoms with Gasteiger partial charge in [0.05, 0.1) is 13.0 Å². The Morgan fingerprint density at radius 3 is 2.77 bits per heavy atom. The zero-order valence-electron chi connectivity index (χ0n) is 20.8. The molecule has 2 aromatic rings. The highest BCUT2D eigenvalue weighted by Gasteiger charge is 2.27. The van der Waals surface area contributed by atoms with Gasteiger partial charge in [-0.05, 0) is 70.1 Å². The smallest absolute Gasteiger partial charge is 0.254 e. The molecule has 188 valence electrons. The van der Waals surface area contributed by atoms with Gasteiger partial charge in [-0.15, -0.1) is 0 Å². The zero-order chi connectivity index (χ0) is 24.8. The van der Waals surface area contributed by atoms with Crippen LogP contribution in [0, 0.1) is 13.8 Å². The van der Waals surface area contributed by atoms with E-state index in [-0.39, 0.29) is 29.8 Å². The lowest BCUT2D eigenvalue weighted by molar-refractivity contribution is -0.136. The summed E-state index contributed by atoms with van der Waals surface area (Å²) in [4.78, 5) is 49.5. The third kappa shape index (κ3) is 6.50.